The van der Waals surface area contributed by atoms with E-state index in [9.17, 15) is 4.79 Å². The van der Waals surface area contributed by atoms with Gasteiger partial charge in [0, 0.05) is 25.1 Å². The standard InChI is InChI=1S/C11H20N2O2/c1-8-9(4-5-15-8)6-13-11(14)7-12-10-2-3-10/h8-10,12H,2-7H2,1H3,(H,13,14). The van der Waals surface area contributed by atoms with E-state index >= 15 is 0 Å². The molecule has 1 saturated carbocycles. The van der Waals surface area contributed by atoms with Crippen LogP contribution in [-0.2, 0) is 9.53 Å². The molecule has 86 valence electrons. The molecule has 0 aromatic heterocycles. The fourth-order valence-electron chi connectivity index (χ4n) is 1.88. The second-order valence-electron chi connectivity index (χ2n) is 4.58. The third-order valence-electron chi connectivity index (χ3n) is 3.22. The van der Waals surface area contributed by atoms with Crippen LogP contribution in [0.25, 0.3) is 0 Å². The first-order valence-electron chi connectivity index (χ1n) is 5.87. The summed E-state index contributed by atoms with van der Waals surface area (Å²) in [6.45, 7) is 4.13. The zero-order valence-corrected chi connectivity index (χ0v) is 9.29. The average Bonchev–Trinajstić information content (AvgIpc) is 2.96. The Balaban J connectivity index is 1.57. The molecule has 1 aliphatic heterocycles. The highest BCUT2D eigenvalue weighted by molar-refractivity contribution is 5.78. The van der Waals surface area contributed by atoms with Crippen LogP contribution < -0.4 is 10.6 Å². The van der Waals surface area contributed by atoms with Crippen molar-refractivity contribution in [2.75, 3.05) is 19.7 Å². The maximum atomic E-state index is 11.4. The Morgan fingerprint density at radius 3 is 2.80 bits per heavy atom. The molecular formula is C11H20N2O2. The van der Waals surface area contributed by atoms with E-state index in [1.807, 2.05) is 0 Å². The Morgan fingerprint density at radius 2 is 2.20 bits per heavy atom. The fraction of sp³-hybridized carbons (Fsp3) is 0.909. The zero-order valence-electron chi connectivity index (χ0n) is 9.29. The predicted molar refractivity (Wildman–Crippen MR) is 57.6 cm³/mol. The number of hydrogen-bond acceptors (Lipinski definition) is 3. The van der Waals surface area contributed by atoms with Gasteiger partial charge < -0.3 is 15.4 Å². The van der Waals surface area contributed by atoms with Crippen LogP contribution in [0.2, 0.25) is 0 Å². The lowest BCUT2D eigenvalue weighted by Crippen LogP contribution is -2.38. The monoisotopic (exact) mass is 212 g/mol. The number of carbonyl (C=O) groups is 1. The van der Waals surface area contributed by atoms with Crippen molar-refractivity contribution in [2.24, 2.45) is 5.92 Å². The molecule has 1 heterocycles. The molecule has 0 aromatic rings. The van der Waals surface area contributed by atoms with Crippen molar-refractivity contribution >= 4 is 5.91 Å². The minimum atomic E-state index is 0.112. The van der Waals surface area contributed by atoms with Gasteiger partial charge in [-0.3, -0.25) is 4.79 Å². The van der Waals surface area contributed by atoms with Crippen LogP contribution in [0, 0.1) is 5.92 Å². The second kappa shape index (κ2) is 4.94. The zero-order chi connectivity index (χ0) is 10.7. The van der Waals surface area contributed by atoms with Crippen molar-refractivity contribution in [3.05, 3.63) is 0 Å². The van der Waals surface area contributed by atoms with Crippen LogP contribution in [0.3, 0.4) is 0 Å². The van der Waals surface area contributed by atoms with Crippen molar-refractivity contribution in [3.8, 4) is 0 Å². The maximum Gasteiger partial charge on any atom is 0.233 e. The summed E-state index contributed by atoms with van der Waals surface area (Å²) in [5.74, 6) is 0.607. The quantitative estimate of drug-likeness (QED) is 0.688. The van der Waals surface area contributed by atoms with Crippen LogP contribution in [-0.4, -0.2) is 37.7 Å². The van der Waals surface area contributed by atoms with E-state index in [0.717, 1.165) is 19.6 Å². The molecule has 0 bridgehead atoms. The van der Waals surface area contributed by atoms with Crippen LogP contribution in [0.1, 0.15) is 26.2 Å². The highest BCUT2D eigenvalue weighted by atomic mass is 16.5. The molecule has 1 amide bonds. The number of amides is 1. The van der Waals surface area contributed by atoms with E-state index in [-0.39, 0.29) is 5.91 Å². The molecular weight excluding hydrogens is 192 g/mol. The Hall–Kier alpha value is -0.610. The van der Waals surface area contributed by atoms with E-state index in [0.29, 0.717) is 24.6 Å². The van der Waals surface area contributed by atoms with Gasteiger partial charge in [0.2, 0.25) is 5.91 Å². The van der Waals surface area contributed by atoms with Gasteiger partial charge in [-0.25, -0.2) is 0 Å². The molecule has 0 radical (unpaired) electrons. The minimum absolute atomic E-state index is 0.112. The molecule has 2 fully saturated rings. The van der Waals surface area contributed by atoms with Gasteiger partial charge in [-0.05, 0) is 26.2 Å². The molecule has 2 rings (SSSR count). The third kappa shape index (κ3) is 3.47. The molecule has 2 unspecified atom stereocenters. The molecule has 1 saturated heterocycles. The average molecular weight is 212 g/mol. The Labute approximate surface area is 90.8 Å². The van der Waals surface area contributed by atoms with E-state index in [4.69, 9.17) is 4.74 Å². The molecule has 0 aromatic carbocycles. The Morgan fingerprint density at radius 1 is 1.40 bits per heavy atom. The SMILES string of the molecule is CC1OCCC1CNC(=O)CNC1CC1. The Bertz CT molecular complexity index is 229. The first-order chi connectivity index (χ1) is 7.25. The van der Waals surface area contributed by atoms with Gasteiger partial charge in [0.25, 0.3) is 0 Å². The molecule has 2 atom stereocenters. The third-order valence-corrected chi connectivity index (χ3v) is 3.22. The van der Waals surface area contributed by atoms with E-state index in [1.165, 1.54) is 12.8 Å². The highest BCUT2D eigenvalue weighted by Gasteiger charge is 2.25. The summed E-state index contributed by atoms with van der Waals surface area (Å²) < 4.78 is 5.44. The first-order valence-corrected chi connectivity index (χ1v) is 5.87. The number of rotatable bonds is 5. The van der Waals surface area contributed by atoms with Crippen LogP contribution in [0.4, 0.5) is 0 Å². The lowest BCUT2D eigenvalue weighted by molar-refractivity contribution is -0.120. The largest absolute Gasteiger partial charge is 0.378 e. The van der Waals surface area contributed by atoms with E-state index in [1.54, 1.807) is 0 Å². The number of ether oxygens (including phenoxy) is 1. The van der Waals surface area contributed by atoms with Gasteiger partial charge >= 0.3 is 0 Å². The van der Waals surface area contributed by atoms with Crippen molar-refractivity contribution < 1.29 is 9.53 Å². The van der Waals surface area contributed by atoms with Crippen LogP contribution in [0.5, 0.6) is 0 Å². The molecule has 4 nitrogen and oxygen atoms in total. The first kappa shape index (κ1) is 10.9. The van der Waals surface area contributed by atoms with Gasteiger partial charge in [-0.1, -0.05) is 0 Å². The number of nitrogens with one attached hydrogen (secondary N) is 2. The summed E-state index contributed by atoms with van der Waals surface area (Å²) in [6.07, 6.45) is 3.81. The normalized spacial score (nSPS) is 30.5. The Kier molecular flexibility index (Phi) is 3.59. The van der Waals surface area contributed by atoms with Gasteiger partial charge in [0.1, 0.15) is 0 Å². The predicted octanol–water partition coefficient (Wildman–Crippen LogP) is 0.280. The summed E-state index contributed by atoms with van der Waals surface area (Å²) in [5.41, 5.74) is 0. The van der Waals surface area contributed by atoms with Gasteiger partial charge in [-0.2, -0.15) is 0 Å². The second-order valence-corrected chi connectivity index (χ2v) is 4.58. The van der Waals surface area contributed by atoms with Crippen LogP contribution >= 0.6 is 0 Å². The molecule has 2 N–H and O–H groups in total. The van der Waals surface area contributed by atoms with E-state index in [2.05, 4.69) is 17.6 Å². The fourth-order valence-corrected chi connectivity index (χ4v) is 1.88. The highest BCUT2D eigenvalue weighted by Crippen LogP contribution is 2.19. The smallest absolute Gasteiger partial charge is 0.233 e. The van der Waals surface area contributed by atoms with Crippen molar-refractivity contribution in [1.29, 1.82) is 0 Å². The van der Waals surface area contributed by atoms with Crippen molar-refractivity contribution in [3.63, 3.8) is 0 Å². The molecule has 1 aliphatic carbocycles. The lowest BCUT2D eigenvalue weighted by Gasteiger charge is -2.14. The summed E-state index contributed by atoms with van der Waals surface area (Å²) in [6, 6.07) is 0.601. The summed E-state index contributed by atoms with van der Waals surface area (Å²) in [5, 5.41) is 6.16. The molecule has 2 aliphatic rings. The van der Waals surface area contributed by atoms with Gasteiger partial charge in [-0.15, -0.1) is 0 Å². The summed E-state index contributed by atoms with van der Waals surface area (Å²) >= 11 is 0. The molecule has 15 heavy (non-hydrogen) atoms. The van der Waals surface area contributed by atoms with Crippen LogP contribution in [0.15, 0.2) is 0 Å². The van der Waals surface area contributed by atoms with Crippen molar-refractivity contribution in [1.82, 2.24) is 10.6 Å². The molecule has 4 heteroatoms. The maximum absolute atomic E-state index is 11.4. The molecule has 0 spiro atoms. The van der Waals surface area contributed by atoms with Crippen molar-refractivity contribution in [2.45, 2.75) is 38.3 Å². The number of carbonyl (C=O) groups excluding carboxylic acids is 1. The summed E-state index contributed by atoms with van der Waals surface area (Å²) in [7, 11) is 0. The van der Waals surface area contributed by atoms with Gasteiger partial charge in [0.05, 0.1) is 12.6 Å². The minimum Gasteiger partial charge on any atom is -0.378 e. The topological polar surface area (TPSA) is 50.4 Å². The lowest BCUT2D eigenvalue weighted by atomic mass is 10.0. The van der Waals surface area contributed by atoms with Gasteiger partial charge in [0.15, 0.2) is 0 Å². The van der Waals surface area contributed by atoms with E-state index < -0.39 is 0 Å². The summed E-state index contributed by atoms with van der Waals surface area (Å²) in [4.78, 5) is 11.4. The number of hydrogen-bond donors (Lipinski definition) is 2.